The number of carbonyl (C=O) groups excluding carboxylic acids is 2. The fourth-order valence-corrected chi connectivity index (χ4v) is 2.31. The number of esters is 1. The molecule has 2 aromatic rings. The van der Waals surface area contributed by atoms with Crippen molar-refractivity contribution in [1.29, 1.82) is 0 Å². The topological polar surface area (TPSA) is 55.4 Å². The molecule has 138 valence electrons. The summed E-state index contributed by atoms with van der Waals surface area (Å²) in [4.78, 5) is 24.0. The van der Waals surface area contributed by atoms with Gasteiger partial charge in [-0.1, -0.05) is 37.3 Å². The molecule has 26 heavy (non-hydrogen) atoms. The SMILES string of the molecule is C[C@@H](OC(=O)C[C@H](C)c1ccccc1)C(=O)Nc1ccc(F)c(F)c1F. The van der Waals surface area contributed by atoms with Crippen molar-refractivity contribution in [2.24, 2.45) is 0 Å². The summed E-state index contributed by atoms with van der Waals surface area (Å²) >= 11 is 0. The quantitative estimate of drug-likeness (QED) is 0.618. The van der Waals surface area contributed by atoms with Gasteiger partial charge in [-0.3, -0.25) is 9.59 Å². The molecule has 1 amide bonds. The molecular formula is C19H18F3NO3. The molecular weight excluding hydrogens is 347 g/mol. The molecule has 0 aromatic heterocycles. The number of halogens is 3. The third kappa shape index (κ3) is 4.84. The van der Waals surface area contributed by atoms with Crippen LogP contribution < -0.4 is 5.32 Å². The monoisotopic (exact) mass is 365 g/mol. The maximum absolute atomic E-state index is 13.6. The average molecular weight is 365 g/mol. The molecule has 2 rings (SSSR count). The van der Waals surface area contributed by atoms with Gasteiger partial charge in [-0.25, -0.2) is 13.2 Å². The number of benzene rings is 2. The van der Waals surface area contributed by atoms with E-state index in [-0.39, 0.29) is 12.3 Å². The molecule has 4 nitrogen and oxygen atoms in total. The molecule has 0 spiro atoms. The zero-order valence-corrected chi connectivity index (χ0v) is 14.3. The van der Waals surface area contributed by atoms with Crippen LogP contribution >= 0.6 is 0 Å². The third-order valence-electron chi connectivity index (χ3n) is 3.81. The van der Waals surface area contributed by atoms with E-state index in [9.17, 15) is 22.8 Å². The minimum Gasteiger partial charge on any atom is -0.453 e. The number of nitrogens with one attached hydrogen (secondary N) is 1. The van der Waals surface area contributed by atoms with Crippen LogP contribution in [-0.2, 0) is 14.3 Å². The molecule has 2 atom stereocenters. The van der Waals surface area contributed by atoms with E-state index < -0.39 is 41.1 Å². The summed E-state index contributed by atoms with van der Waals surface area (Å²) in [5.74, 6) is -6.14. The predicted molar refractivity (Wildman–Crippen MR) is 90.0 cm³/mol. The molecule has 0 saturated carbocycles. The first-order valence-corrected chi connectivity index (χ1v) is 7.98. The highest BCUT2D eigenvalue weighted by Crippen LogP contribution is 2.21. The molecule has 1 N–H and O–H groups in total. The standard InChI is InChI=1S/C19H18F3NO3/c1-11(13-6-4-3-5-7-13)10-16(24)26-12(2)19(25)23-15-9-8-14(20)17(21)18(15)22/h3-9,11-12H,10H2,1-2H3,(H,23,25)/t11-,12+/m0/s1. The van der Waals surface area contributed by atoms with Crippen molar-refractivity contribution >= 4 is 17.6 Å². The van der Waals surface area contributed by atoms with E-state index in [2.05, 4.69) is 5.32 Å². The van der Waals surface area contributed by atoms with Crippen molar-refractivity contribution < 1.29 is 27.5 Å². The van der Waals surface area contributed by atoms with Crippen LogP contribution in [0.15, 0.2) is 42.5 Å². The van der Waals surface area contributed by atoms with Crippen LogP contribution in [0, 0.1) is 17.5 Å². The third-order valence-corrected chi connectivity index (χ3v) is 3.81. The fraction of sp³-hybridized carbons (Fsp3) is 0.263. The van der Waals surface area contributed by atoms with Gasteiger partial charge in [0.25, 0.3) is 5.91 Å². The Kier molecular flexibility index (Phi) is 6.38. The Bertz CT molecular complexity index is 796. The molecule has 0 aliphatic rings. The van der Waals surface area contributed by atoms with Gasteiger partial charge in [-0.2, -0.15) is 0 Å². The van der Waals surface area contributed by atoms with Crippen LogP contribution in [0.5, 0.6) is 0 Å². The van der Waals surface area contributed by atoms with Gasteiger partial charge in [-0.05, 0) is 30.5 Å². The van der Waals surface area contributed by atoms with Gasteiger partial charge in [0.2, 0.25) is 0 Å². The minimum atomic E-state index is -1.69. The van der Waals surface area contributed by atoms with Crippen molar-refractivity contribution in [3.05, 3.63) is 65.5 Å². The number of ether oxygens (including phenoxy) is 1. The Labute approximate surface area is 149 Å². The van der Waals surface area contributed by atoms with Crippen LogP contribution in [0.1, 0.15) is 31.7 Å². The van der Waals surface area contributed by atoms with Gasteiger partial charge >= 0.3 is 5.97 Å². The lowest BCUT2D eigenvalue weighted by atomic mass is 9.98. The number of carbonyl (C=O) groups is 2. The first-order chi connectivity index (χ1) is 12.3. The molecule has 0 aliphatic carbocycles. The van der Waals surface area contributed by atoms with Gasteiger partial charge < -0.3 is 10.1 Å². The van der Waals surface area contributed by atoms with E-state index >= 15 is 0 Å². The van der Waals surface area contributed by atoms with Crippen molar-refractivity contribution in [2.45, 2.75) is 32.3 Å². The van der Waals surface area contributed by atoms with Gasteiger partial charge in [-0.15, -0.1) is 0 Å². The van der Waals surface area contributed by atoms with Gasteiger partial charge in [0.15, 0.2) is 23.6 Å². The molecule has 7 heteroatoms. The number of rotatable bonds is 6. The summed E-state index contributed by atoms with van der Waals surface area (Å²) in [5.41, 5.74) is 0.417. The Morgan fingerprint density at radius 3 is 2.31 bits per heavy atom. The van der Waals surface area contributed by atoms with E-state index in [1.54, 1.807) is 0 Å². The lowest BCUT2D eigenvalue weighted by Crippen LogP contribution is -2.30. The molecule has 0 heterocycles. The second-order valence-corrected chi connectivity index (χ2v) is 5.86. The Morgan fingerprint density at radius 1 is 1.00 bits per heavy atom. The zero-order chi connectivity index (χ0) is 19.3. The largest absolute Gasteiger partial charge is 0.453 e. The molecule has 2 aromatic carbocycles. The summed E-state index contributed by atoms with van der Waals surface area (Å²) in [6.07, 6.45) is -1.17. The van der Waals surface area contributed by atoms with Gasteiger partial charge in [0.1, 0.15) is 0 Å². The lowest BCUT2D eigenvalue weighted by molar-refractivity contribution is -0.153. The smallest absolute Gasteiger partial charge is 0.307 e. The summed E-state index contributed by atoms with van der Waals surface area (Å²) in [6.45, 7) is 3.15. The lowest BCUT2D eigenvalue weighted by Gasteiger charge is -2.16. The van der Waals surface area contributed by atoms with E-state index in [0.717, 1.165) is 11.6 Å². The van der Waals surface area contributed by atoms with Crippen LogP contribution in [0.3, 0.4) is 0 Å². The fourth-order valence-electron chi connectivity index (χ4n) is 2.31. The van der Waals surface area contributed by atoms with Gasteiger partial charge in [0, 0.05) is 0 Å². The van der Waals surface area contributed by atoms with E-state index in [1.807, 2.05) is 37.3 Å². The van der Waals surface area contributed by atoms with Crippen LogP contribution in [-0.4, -0.2) is 18.0 Å². The van der Waals surface area contributed by atoms with E-state index in [0.29, 0.717) is 6.07 Å². The second-order valence-electron chi connectivity index (χ2n) is 5.86. The van der Waals surface area contributed by atoms with Crippen LogP contribution in [0.4, 0.5) is 18.9 Å². The molecule has 0 fully saturated rings. The van der Waals surface area contributed by atoms with Crippen molar-refractivity contribution in [3.63, 3.8) is 0 Å². The van der Waals surface area contributed by atoms with Gasteiger partial charge in [0.05, 0.1) is 12.1 Å². The minimum absolute atomic E-state index is 0.0567. The summed E-state index contributed by atoms with van der Waals surface area (Å²) < 4.78 is 44.7. The van der Waals surface area contributed by atoms with Crippen molar-refractivity contribution in [1.82, 2.24) is 0 Å². The number of hydrogen-bond acceptors (Lipinski definition) is 3. The average Bonchev–Trinajstić information content (AvgIpc) is 2.62. The molecule has 0 radical (unpaired) electrons. The first kappa shape index (κ1) is 19.5. The molecule has 0 unspecified atom stereocenters. The Balaban J connectivity index is 1.92. The summed E-state index contributed by atoms with van der Waals surface area (Å²) in [6, 6.07) is 10.9. The van der Waals surface area contributed by atoms with Crippen molar-refractivity contribution in [3.8, 4) is 0 Å². The second kappa shape index (κ2) is 8.51. The highest BCUT2D eigenvalue weighted by atomic mass is 19.2. The number of hydrogen-bond donors (Lipinski definition) is 1. The summed E-state index contributed by atoms with van der Waals surface area (Å²) in [5, 5.41) is 2.07. The Morgan fingerprint density at radius 2 is 1.65 bits per heavy atom. The number of anilines is 1. The molecule has 0 saturated heterocycles. The zero-order valence-electron chi connectivity index (χ0n) is 14.3. The normalized spacial score (nSPS) is 13.0. The highest BCUT2D eigenvalue weighted by molar-refractivity contribution is 5.95. The van der Waals surface area contributed by atoms with Crippen LogP contribution in [0.2, 0.25) is 0 Å². The first-order valence-electron chi connectivity index (χ1n) is 7.98. The Hall–Kier alpha value is -2.83. The molecule has 0 bridgehead atoms. The summed E-state index contributed by atoms with van der Waals surface area (Å²) in [7, 11) is 0. The van der Waals surface area contributed by atoms with Crippen molar-refractivity contribution in [2.75, 3.05) is 5.32 Å². The van der Waals surface area contributed by atoms with E-state index in [1.165, 1.54) is 6.92 Å². The number of amides is 1. The maximum atomic E-state index is 13.6. The molecule has 0 aliphatic heterocycles. The van der Waals surface area contributed by atoms with E-state index in [4.69, 9.17) is 4.74 Å². The predicted octanol–water partition coefficient (Wildman–Crippen LogP) is 4.17. The van der Waals surface area contributed by atoms with Crippen LogP contribution in [0.25, 0.3) is 0 Å². The highest BCUT2D eigenvalue weighted by Gasteiger charge is 2.22. The maximum Gasteiger partial charge on any atom is 0.307 e.